The summed E-state index contributed by atoms with van der Waals surface area (Å²) in [7, 11) is 1.67. The maximum absolute atomic E-state index is 6.41. The van der Waals surface area contributed by atoms with Crippen LogP contribution in [-0.4, -0.2) is 16.9 Å². The molecule has 110 valence electrons. The first kappa shape index (κ1) is 16.0. The van der Waals surface area contributed by atoms with Crippen LogP contribution in [0.4, 0.5) is 0 Å². The van der Waals surface area contributed by atoms with Gasteiger partial charge in [-0.05, 0) is 31.6 Å². The molecule has 2 unspecified atom stereocenters. The van der Waals surface area contributed by atoms with Crippen molar-refractivity contribution in [2.45, 2.75) is 60.0 Å². The molecule has 1 heterocycles. The number of nitrogens with zero attached hydrogens (tertiary/aromatic N) is 2. The maximum Gasteiger partial charge on any atom is 0.161 e. The number of hydrogen-bond acceptors (Lipinski definition) is 3. The molecule has 0 aliphatic carbocycles. The second-order valence-electron chi connectivity index (χ2n) is 6.75. The molecule has 2 atom stereocenters. The van der Waals surface area contributed by atoms with E-state index in [1.807, 2.05) is 4.68 Å². The summed E-state index contributed by atoms with van der Waals surface area (Å²) in [6, 6.07) is 0.240. The van der Waals surface area contributed by atoms with E-state index >= 15 is 0 Å². The molecule has 0 aliphatic heterocycles. The zero-order valence-corrected chi connectivity index (χ0v) is 13.4. The second-order valence-corrected chi connectivity index (χ2v) is 6.75. The van der Waals surface area contributed by atoms with Gasteiger partial charge >= 0.3 is 0 Å². The van der Waals surface area contributed by atoms with Crippen LogP contribution in [0.5, 0.6) is 5.75 Å². The SMILES string of the molecule is COc1cnn(C(C)C)c1C(N)CC(C)C(C)(C)C. The zero-order chi connectivity index (χ0) is 14.8. The molecule has 19 heavy (non-hydrogen) atoms. The summed E-state index contributed by atoms with van der Waals surface area (Å²) in [4.78, 5) is 0. The van der Waals surface area contributed by atoms with Crippen molar-refractivity contribution in [2.24, 2.45) is 17.1 Å². The Kier molecular flexibility index (Phi) is 5.02. The van der Waals surface area contributed by atoms with Crippen LogP contribution < -0.4 is 10.5 Å². The molecule has 0 spiro atoms. The Morgan fingerprint density at radius 3 is 2.32 bits per heavy atom. The molecular weight excluding hydrogens is 238 g/mol. The highest BCUT2D eigenvalue weighted by Crippen LogP contribution is 2.35. The topological polar surface area (TPSA) is 53.1 Å². The van der Waals surface area contributed by atoms with Crippen LogP contribution in [0.1, 0.15) is 65.7 Å². The summed E-state index contributed by atoms with van der Waals surface area (Å²) in [5, 5.41) is 4.39. The van der Waals surface area contributed by atoms with Gasteiger partial charge in [-0.25, -0.2) is 0 Å². The number of ether oxygens (including phenoxy) is 1. The molecule has 0 aromatic carbocycles. The van der Waals surface area contributed by atoms with Gasteiger partial charge in [0.05, 0.1) is 25.0 Å². The highest BCUT2D eigenvalue weighted by Gasteiger charge is 2.27. The number of nitrogens with two attached hydrogens (primary N) is 1. The average molecular weight is 267 g/mol. The Bertz CT molecular complexity index is 404. The molecule has 0 aliphatic rings. The van der Waals surface area contributed by atoms with Crippen LogP contribution in [0.3, 0.4) is 0 Å². The van der Waals surface area contributed by atoms with Crippen molar-refractivity contribution in [1.82, 2.24) is 9.78 Å². The molecule has 2 N–H and O–H groups in total. The Morgan fingerprint density at radius 1 is 1.32 bits per heavy atom. The molecule has 0 saturated heterocycles. The molecule has 4 nitrogen and oxygen atoms in total. The highest BCUT2D eigenvalue weighted by atomic mass is 16.5. The molecule has 1 aromatic rings. The van der Waals surface area contributed by atoms with Crippen LogP contribution in [0.25, 0.3) is 0 Å². The summed E-state index contributed by atoms with van der Waals surface area (Å²) in [6.07, 6.45) is 2.69. The van der Waals surface area contributed by atoms with Gasteiger partial charge in [0, 0.05) is 6.04 Å². The fourth-order valence-corrected chi connectivity index (χ4v) is 2.12. The standard InChI is InChI=1S/C15H29N3O/c1-10(2)18-14(13(19-7)9-17-18)12(16)8-11(3)15(4,5)6/h9-12H,8,16H2,1-7H3. The predicted octanol–water partition coefficient (Wildman–Crippen LogP) is 3.54. The smallest absolute Gasteiger partial charge is 0.161 e. The van der Waals surface area contributed by atoms with E-state index in [1.165, 1.54) is 0 Å². The van der Waals surface area contributed by atoms with E-state index in [9.17, 15) is 0 Å². The van der Waals surface area contributed by atoms with E-state index < -0.39 is 0 Å². The Morgan fingerprint density at radius 2 is 1.89 bits per heavy atom. The van der Waals surface area contributed by atoms with Crippen molar-refractivity contribution in [2.75, 3.05) is 7.11 Å². The lowest BCUT2D eigenvalue weighted by atomic mass is 9.78. The predicted molar refractivity (Wildman–Crippen MR) is 79.3 cm³/mol. The lowest BCUT2D eigenvalue weighted by Gasteiger charge is -2.30. The number of methoxy groups -OCH3 is 1. The molecule has 0 radical (unpaired) electrons. The van der Waals surface area contributed by atoms with Crippen LogP contribution in [0.2, 0.25) is 0 Å². The fraction of sp³-hybridized carbons (Fsp3) is 0.800. The van der Waals surface area contributed by atoms with Crippen molar-refractivity contribution in [3.05, 3.63) is 11.9 Å². The van der Waals surface area contributed by atoms with E-state index in [2.05, 4.69) is 46.6 Å². The first-order valence-electron chi connectivity index (χ1n) is 7.05. The van der Waals surface area contributed by atoms with Crippen LogP contribution in [-0.2, 0) is 0 Å². The largest absolute Gasteiger partial charge is 0.493 e. The zero-order valence-electron chi connectivity index (χ0n) is 13.4. The van der Waals surface area contributed by atoms with Crippen molar-refractivity contribution in [3.63, 3.8) is 0 Å². The molecule has 1 aromatic heterocycles. The first-order valence-corrected chi connectivity index (χ1v) is 7.05. The van der Waals surface area contributed by atoms with Gasteiger partial charge in [0.2, 0.25) is 0 Å². The van der Waals surface area contributed by atoms with Crippen LogP contribution in [0, 0.1) is 11.3 Å². The van der Waals surface area contributed by atoms with Crippen molar-refractivity contribution in [1.29, 1.82) is 0 Å². The van der Waals surface area contributed by atoms with Crippen LogP contribution in [0.15, 0.2) is 6.20 Å². The molecule has 0 amide bonds. The molecule has 0 bridgehead atoms. The minimum Gasteiger partial charge on any atom is -0.493 e. The summed E-state index contributed by atoms with van der Waals surface area (Å²) >= 11 is 0. The highest BCUT2D eigenvalue weighted by molar-refractivity contribution is 5.28. The lowest BCUT2D eigenvalue weighted by molar-refractivity contribution is 0.229. The average Bonchev–Trinajstić information content (AvgIpc) is 2.70. The van der Waals surface area contributed by atoms with Gasteiger partial charge in [-0.2, -0.15) is 5.10 Å². The molecule has 0 fully saturated rings. The van der Waals surface area contributed by atoms with Crippen molar-refractivity contribution >= 4 is 0 Å². The van der Waals surface area contributed by atoms with Gasteiger partial charge in [-0.15, -0.1) is 0 Å². The molecular formula is C15H29N3O. The van der Waals surface area contributed by atoms with E-state index in [0.717, 1.165) is 17.9 Å². The maximum atomic E-state index is 6.41. The molecule has 1 rings (SSSR count). The number of rotatable bonds is 5. The number of hydrogen-bond donors (Lipinski definition) is 1. The summed E-state index contributed by atoms with van der Waals surface area (Å²) in [5.74, 6) is 1.32. The van der Waals surface area contributed by atoms with Gasteiger partial charge in [0.15, 0.2) is 5.75 Å². The molecule has 4 heteroatoms. The van der Waals surface area contributed by atoms with Gasteiger partial charge in [0.25, 0.3) is 0 Å². The van der Waals surface area contributed by atoms with Gasteiger partial charge in [0.1, 0.15) is 0 Å². The summed E-state index contributed by atoms with van der Waals surface area (Å²) in [5.41, 5.74) is 7.68. The van der Waals surface area contributed by atoms with Gasteiger partial charge in [-0.1, -0.05) is 27.7 Å². The molecule has 0 saturated carbocycles. The number of aromatic nitrogens is 2. The Labute approximate surface area is 117 Å². The quantitative estimate of drug-likeness (QED) is 0.887. The monoisotopic (exact) mass is 267 g/mol. The van der Waals surface area contributed by atoms with Crippen LogP contribution >= 0.6 is 0 Å². The minimum atomic E-state index is -0.0472. The fourth-order valence-electron chi connectivity index (χ4n) is 2.12. The first-order chi connectivity index (χ1) is 8.68. The second kappa shape index (κ2) is 5.95. The van der Waals surface area contributed by atoms with E-state index in [-0.39, 0.29) is 17.5 Å². The van der Waals surface area contributed by atoms with E-state index in [0.29, 0.717) is 5.92 Å². The third-order valence-corrected chi connectivity index (χ3v) is 3.94. The van der Waals surface area contributed by atoms with Crippen molar-refractivity contribution in [3.8, 4) is 5.75 Å². The van der Waals surface area contributed by atoms with Gasteiger partial charge < -0.3 is 10.5 Å². The third-order valence-electron chi connectivity index (χ3n) is 3.94. The lowest BCUT2D eigenvalue weighted by Crippen LogP contribution is -2.25. The van der Waals surface area contributed by atoms with Gasteiger partial charge in [-0.3, -0.25) is 4.68 Å². The summed E-state index contributed by atoms with van der Waals surface area (Å²) < 4.78 is 7.37. The Hall–Kier alpha value is -1.03. The van der Waals surface area contributed by atoms with E-state index in [1.54, 1.807) is 13.3 Å². The summed E-state index contributed by atoms with van der Waals surface area (Å²) in [6.45, 7) is 13.2. The minimum absolute atomic E-state index is 0.0472. The van der Waals surface area contributed by atoms with E-state index in [4.69, 9.17) is 10.5 Å². The third kappa shape index (κ3) is 3.72. The normalized spacial score (nSPS) is 15.6. The van der Waals surface area contributed by atoms with Crippen molar-refractivity contribution < 1.29 is 4.74 Å². The Balaban J connectivity index is 2.98.